The molecule has 1 saturated heterocycles. The monoisotopic (exact) mass is 305 g/mol. The Hall–Kier alpha value is -0.900. The third-order valence-electron chi connectivity index (χ3n) is 2.23. The van der Waals surface area contributed by atoms with E-state index in [1.807, 2.05) is 6.92 Å². The van der Waals surface area contributed by atoms with E-state index in [1.54, 1.807) is 14.1 Å². The van der Waals surface area contributed by atoms with Gasteiger partial charge in [0.15, 0.2) is 6.29 Å². The molecule has 1 aliphatic rings. The quantitative estimate of drug-likeness (QED) is 0.782. The summed E-state index contributed by atoms with van der Waals surface area (Å²) in [7, 11) is 3.36. The van der Waals surface area contributed by atoms with Crippen LogP contribution in [0.5, 0.6) is 5.19 Å². The summed E-state index contributed by atoms with van der Waals surface area (Å²) in [5.41, 5.74) is 0. The van der Waals surface area contributed by atoms with Crippen molar-refractivity contribution in [2.24, 2.45) is 0 Å². The van der Waals surface area contributed by atoms with Crippen LogP contribution in [0.15, 0.2) is 5.16 Å². The number of nitrogens with zero attached hydrogens (tertiary/aromatic N) is 3. The standard InChI is InChI=1S/C10H15N3O4S2/c1-6-15-4-7(5-16-6)17-9-11-8(12-19-9)18-10(14)13(2)3/h6-7H,4-5H2,1-3H3. The number of aromatic nitrogens is 2. The third kappa shape index (κ3) is 4.30. The number of amides is 1. The van der Waals surface area contributed by atoms with Crippen LogP contribution in [0.3, 0.4) is 0 Å². The number of carbonyl (C=O) groups excluding carboxylic acids is 1. The van der Waals surface area contributed by atoms with Crippen LogP contribution in [0, 0.1) is 0 Å². The van der Waals surface area contributed by atoms with Gasteiger partial charge >= 0.3 is 0 Å². The van der Waals surface area contributed by atoms with Gasteiger partial charge in [-0.05, 0) is 6.92 Å². The maximum atomic E-state index is 11.5. The Morgan fingerprint density at radius 3 is 2.79 bits per heavy atom. The summed E-state index contributed by atoms with van der Waals surface area (Å²) in [6.45, 7) is 2.75. The number of hydrogen-bond donors (Lipinski definition) is 0. The second kappa shape index (κ2) is 6.51. The van der Waals surface area contributed by atoms with Crippen molar-refractivity contribution in [1.29, 1.82) is 0 Å². The molecule has 7 nitrogen and oxygen atoms in total. The molecule has 1 aromatic rings. The molecule has 0 radical (unpaired) electrons. The number of rotatable bonds is 3. The zero-order valence-electron chi connectivity index (χ0n) is 10.9. The van der Waals surface area contributed by atoms with Crippen LogP contribution in [-0.4, -0.2) is 59.2 Å². The van der Waals surface area contributed by atoms with Crippen molar-refractivity contribution in [3.05, 3.63) is 0 Å². The van der Waals surface area contributed by atoms with Crippen molar-refractivity contribution in [3.63, 3.8) is 0 Å². The van der Waals surface area contributed by atoms with E-state index < -0.39 is 0 Å². The van der Waals surface area contributed by atoms with Gasteiger partial charge in [-0.2, -0.15) is 9.36 Å². The fraction of sp³-hybridized carbons (Fsp3) is 0.700. The predicted octanol–water partition coefficient (Wildman–Crippen LogP) is 1.45. The molecule has 2 heterocycles. The van der Waals surface area contributed by atoms with Gasteiger partial charge in [0.1, 0.15) is 6.10 Å². The molecule has 0 atom stereocenters. The molecule has 19 heavy (non-hydrogen) atoms. The molecule has 1 fully saturated rings. The first-order valence-corrected chi connectivity index (χ1v) is 7.26. The summed E-state index contributed by atoms with van der Waals surface area (Å²) >= 11 is 2.08. The number of thioether (sulfide) groups is 1. The number of carbonyl (C=O) groups is 1. The molecule has 0 N–H and O–H groups in total. The van der Waals surface area contributed by atoms with Gasteiger partial charge in [-0.1, -0.05) is 0 Å². The lowest BCUT2D eigenvalue weighted by atomic mass is 10.4. The van der Waals surface area contributed by atoms with Gasteiger partial charge in [0, 0.05) is 37.4 Å². The highest BCUT2D eigenvalue weighted by Gasteiger charge is 2.22. The Kier molecular flexibility index (Phi) is 4.97. The Labute approximate surface area is 119 Å². The van der Waals surface area contributed by atoms with E-state index in [2.05, 4.69) is 9.36 Å². The molecule has 0 saturated carbocycles. The van der Waals surface area contributed by atoms with Crippen LogP contribution in [0.1, 0.15) is 6.92 Å². The fourth-order valence-corrected chi connectivity index (χ4v) is 2.54. The van der Waals surface area contributed by atoms with Crippen molar-refractivity contribution < 1.29 is 19.0 Å². The van der Waals surface area contributed by atoms with Crippen LogP contribution in [0.2, 0.25) is 0 Å². The minimum atomic E-state index is -0.196. The summed E-state index contributed by atoms with van der Waals surface area (Å²) in [6, 6.07) is 0. The highest BCUT2D eigenvalue weighted by Crippen LogP contribution is 2.24. The van der Waals surface area contributed by atoms with Crippen molar-refractivity contribution >= 4 is 28.5 Å². The Morgan fingerprint density at radius 1 is 1.47 bits per heavy atom. The van der Waals surface area contributed by atoms with Gasteiger partial charge in [0.05, 0.1) is 13.2 Å². The van der Waals surface area contributed by atoms with Gasteiger partial charge in [0.2, 0.25) is 5.16 Å². The molecule has 9 heteroatoms. The van der Waals surface area contributed by atoms with E-state index in [0.29, 0.717) is 23.6 Å². The van der Waals surface area contributed by atoms with E-state index in [-0.39, 0.29) is 17.6 Å². The average Bonchev–Trinajstić information content (AvgIpc) is 2.79. The lowest BCUT2D eigenvalue weighted by Crippen LogP contribution is -2.37. The van der Waals surface area contributed by atoms with Gasteiger partial charge < -0.3 is 19.1 Å². The van der Waals surface area contributed by atoms with Gasteiger partial charge in [-0.15, -0.1) is 0 Å². The SMILES string of the molecule is CC1OCC(Oc2nc(SC(=O)N(C)C)ns2)CO1. The highest BCUT2D eigenvalue weighted by molar-refractivity contribution is 8.13. The Morgan fingerprint density at radius 2 is 2.16 bits per heavy atom. The summed E-state index contributed by atoms with van der Waals surface area (Å²) in [5, 5.41) is 0.688. The van der Waals surface area contributed by atoms with Crippen LogP contribution in [-0.2, 0) is 9.47 Å². The molecule has 2 rings (SSSR count). The number of ether oxygens (including phenoxy) is 3. The maximum absolute atomic E-state index is 11.5. The zero-order valence-corrected chi connectivity index (χ0v) is 12.5. The van der Waals surface area contributed by atoms with Crippen LogP contribution in [0.4, 0.5) is 4.79 Å². The molecule has 0 spiro atoms. The molecule has 0 unspecified atom stereocenters. The summed E-state index contributed by atoms with van der Waals surface area (Å²) in [6.07, 6.45) is -0.385. The van der Waals surface area contributed by atoms with E-state index in [4.69, 9.17) is 14.2 Å². The van der Waals surface area contributed by atoms with Gasteiger partial charge in [0.25, 0.3) is 10.4 Å². The average molecular weight is 305 g/mol. The molecule has 0 bridgehead atoms. The molecular formula is C10H15N3O4S2. The Balaban J connectivity index is 1.85. The maximum Gasteiger partial charge on any atom is 0.294 e. The second-order valence-electron chi connectivity index (χ2n) is 4.08. The van der Waals surface area contributed by atoms with Crippen LogP contribution < -0.4 is 4.74 Å². The van der Waals surface area contributed by atoms with E-state index in [1.165, 1.54) is 4.90 Å². The third-order valence-corrected chi connectivity index (χ3v) is 3.86. The molecule has 1 aliphatic heterocycles. The number of hydrogen-bond acceptors (Lipinski definition) is 8. The zero-order chi connectivity index (χ0) is 13.8. The van der Waals surface area contributed by atoms with Gasteiger partial charge in [-0.3, -0.25) is 4.79 Å². The fourth-order valence-electron chi connectivity index (χ4n) is 1.25. The van der Waals surface area contributed by atoms with Crippen LogP contribution in [0.25, 0.3) is 0 Å². The van der Waals surface area contributed by atoms with Crippen molar-refractivity contribution in [2.45, 2.75) is 24.5 Å². The van der Waals surface area contributed by atoms with E-state index in [9.17, 15) is 4.79 Å². The first kappa shape index (κ1) is 14.5. The largest absolute Gasteiger partial charge is 0.461 e. The summed E-state index contributed by atoms with van der Waals surface area (Å²) in [5.74, 6) is 0. The minimum Gasteiger partial charge on any atom is -0.461 e. The predicted molar refractivity (Wildman–Crippen MR) is 70.6 cm³/mol. The molecule has 106 valence electrons. The lowest BCUT2D eigenvalue weighted by molar-refractivity contribution is -0.201. The normalized spacial score (nSPS) is 23.1. The van der Waals surface area contributed by atoms with E-state index in [0.717, 1.165) is 23.3 Å². The smallest absolute Gasteiger partial charge is 0.294 e. The van der Waals surface area contributed by atoms with Gasteiger partial charge in [-0.25, -0.2) is 0 Å². The van der Waals surface area contributed by atoms with Crippen molar-refractivity contribution in [1.82, 2.24) is 14.3 Å². The van der Waals surface area contributed by atoms with Crippen molar-refractivity contribution in [3.8, 4) is 5.19 Å². The molecule has 1 amide bonds. The first-order chi connectivity index (χ1) is 9.04. The topological polar surface area (TPSA) is 73.8 Å². The summed E-state index contributed by atoms with van der Waals surface area (Å²) < 4.78 is 20.3. The minimum absolute atomic E-state index is 0.123. The Bertz CT molecular complexity index is 432. The molecule has 0 aliphatic carbocycles. The highest BCUT2D eigenvalue weighted by atomic mass is 32.2. The van der Waals surface area contributed by atoms with Crippen molar-refractivity contribution in [2.75, 3.05) is 27.3 Å². The van der Waals surface area contributed by atoms with Crippen LogP contribution >= 0.6 is 23.3 Å². The molecule has 0 aromatic carbocycles. The summed E-state index contributed by atoms with van der Waals surface area (Å²) in [4.78, 5) is 17.1. The lowest BCUT2D eigenvalue weighted by Gasteiger charge is -2.26. The molecule has 1 aromatic heterocycles. The first-order valence-electron chi connectivity index (χ1n) is 5.67. The van der Waals surface area contributed by atoms with E-state index >= 15 is 0 Å². The molecular weight excluding hydrogens is 290 g/mol. The second-order valence-corrected chi connectivity index (χ2v) is 5.71.